The molecule has 3 atom stereocenters. The number of hydrogen-bond donors (Lipinski definition) is 1. The minimum atomic E-state index is -0.142. The Morgan fingerprint density at radius 1 is 1.07 bits per heavy atom. The molecule has 0 bridgehead atoms. The van der Waals surface area contributed by atoms with Crippen molar-refractivity contribution in [2.45, 2.75) is 73.3 Å². The minimum absolute atomic E-state index is 0.142. The molecule has 0 aliphatic rings. The van der Waals surface area contributed by atoms with Crippen molar-refractivity contribution in [3.8, 4) is 0 Å². The molecule has 0 fully saturated rings. The van der Waals surface area contributed by atoms with Gasteiger partial charge >= 0.3 is 0 Å². The van der Waals surface area contributed by atoms with Gasteiger partial charge < -0.3 is 5.11 Å². The van der Waals surface area contributed by atoms with E-state index in [1.165, 1.54) is 19.3 Å². The third-order valence-electron chi connectivity index (χ3n) is 3.20. The van der Waals surface area contributed by atoms with Gasteiger partial charge in [0.05, 0.1) is 6.10 Å². The second-order valence-electron chi connectivity index (χ2n) is 6.36. The van der Waals surface area contributed by atoms with Crippen LogP contribution in [0.5, 0.6) is 0 Å². The molecular formula is C14H30O. The van der Waals surface area contributed by atoms with Crippen LogP contribution in [0.3, 0.4) is 0 Å². The molecule has 0 aliphatic heterocycles. The molecule has 15 heavy (non-hydrogen) atoms. The van der Waals surface area contributed by atoms with Gasteiger partial charge in [-0.15, -0.1) is 0 Å². The minimum Gasteiger partial charge on any atom is -0.393 e. The molecule has 0 aromatic rings. The molecule has 0 radical (unpaired) electrons. The Labute approximate surface area is 96.3 Å². The number of aliphatic hydroxyl groups excluding tert-OH is 1. The van der Waals surface area contributed by atoms with Crippen molar-refractivity contribution in [3.63, 3.8) is 0 Å². The Morgan fingerprint density at radius 3 is 1.93 bits per heavy atom. The zero-order valence-corrected chi connectivity index (χ0v) is 11.5. The van der Waals surface area contributed by atoms with Crippen molar-refractivity contribution in [2.24, 2.45) is 17.3 Å². The number of aliphatic hydroxyl groups is 1. The fourth-order valence-corrected chi connectivity index (χ4v) is 2.43. The molecule has 0 aliphatic carbocycles. The summed E-state index contributed by atoms with van der Waals surface area (Å²) in [6.07, 6.45) is 4.66. The summed E-state index contributed by atoms with van der Waals surface area (Å²) in [6.45, 7) is 13.3. The van der Waals surface area contributed by atoms with E-state index in [9.17, 15) is 5.11 Å². The molecule has 1 N–H and O–H groups in total. The van der Waals surface area contributed by atoms with E-state index < -0.39 is 0 Å². The highest BCUT2D eigenvalue weighted by molar-refractivity contribution is 4.69. The fraction of sp³-hybridized carbons (Fsp3) is 1.00. The van der Waals surface area contributed by atoms with Crippen molar-refractivity contribution >= 4 is 0 Å². The van der Waals surface area contributed by atoms with E-state index in [2.05, 4.69) is 34.6 Å². The molecule has 0 amide bonds. The summed E-state index contributed by atoms with van der Waals surface area (Å²) in [5.74, 6) is 1.27. The van der Waals surface area contributed by atoms with Gasteiger partial charge in [0.15, 0.2) is 0 Å². The van der Waals surface area contributed by atoms with Crippen LogP contribution in [0.15, 0.2) is 0 Å². The molecular weight excluding hydrogens is 184 g/mol. The molecule has 1 heteroatoms. The van der Waals surface area contributed by atoms with Crippen LogP contribution >= 0.6 is 0 Å². The monoisotopic (exact) mass is 214 g/mol. The Kier molecular flexibility index (Phi) is 6.51. The van der Waals surface area contributed by atoms with Crippen molar-refractivity contribution in [1.82, 2.24) is 0 Å². The van der Waals surface area contributed by atoms with Gasteiger partial charge in [0.2, 0.25) is 0 Å². The van der Waals surface area contributed by atoms with Crippen LogP contribution < -0.4 is 0 Å². The Balaban J connectivity index is 3.83. The van der Waals surface area contributed by atoms with Crippen LogP contribution in [0.4, 0.5) is 0 Å². The fourth-order valence-electron chi connectivity index (χ4n) is 2.43. The highest BCUT2D eigenvalue weighted by Gasteiger charge is 2.18. The van der Waals surface area contributed by atoms with E-state index in [1.807, 2.05) is 6.92 Å². The molecule has 0 aromatic heterocycles. The van der Waals surface area contributed by atoms with E-state index in [0.717, 1.165) is 12.3 Å². The summed E-state index contributed by atoms with van der Waals surface area (Å²) in [7, 11) is 0. The summed E-state index contributed by atoms with van der Waals surface area (Å²) in [5, 5.41) is 9.56. The molecule has 0 spiro atoms. The van der Waals surface area contributed by atoms with E-state index in [-0.39, 0.29) is 6.10 Å². The van der Waals surface area contributed by atoms with E-state index in [4.69, 9.17) is 0 Å². The molecule has 1 nitrogen and oxygen atoms in total. The predicted octanol–water partition coefficient (Wildman–Crippen LogP) is 4.25. The Hall–Kier alpha value is -0.0400. The third kappa shape index (κ3) is 7.84. The molecule has 0 heterocycles. The van der Waals surface area contributed by atoms with Gasteiger partial charge in [0.1, 0.15) is 0 Å². The van der Waals surface area contributed by atoms with Crippen LogP contribution in [0.1, 0.15) is 67.2 Å². The number of rotatable bonds is 6. The van der Waals surface area contributed by atoms with Crippen LogP contribution in [0.2, 0.25) is 0 Å². The highest BCUT2D eigenvalue weighted by atomic mass is 16.3. The quantitative estimate of drug-likeness (QED) is 0.701. The third-order valence-corrected chi connectivity index (χ3v) is 3.20. The lowest BCUT2D eigenvalue weighted by Crippen LogP contribution is -2.18. The largest absolute Gasteiger partial charge is 0.393 e. The van der Waals surface area contributed by atoms with Gasteiger partial charge in [-0.25, -0.2) is 0 Å². The molecule has 92 valence electrons. The van der Waals surface area contributed by atoms with Crippen LogP contribution in [-0.2, 0) is 0 Å². The van der Waals surface area contributed by atoms with E-state index >= 15 is 0 Å². The van der Waals surface area contributed by atoms with Crippen molar-refractivity contribution in [3.05, 3.63) is 0 Å². The van der Waals surface area contributed by atoms with E-state index in [0.29, 0.717) is 11.3 Å². The van der Waals surface area contributed by atoms with Gasteiger partial charge in [-0.2, -0.15) is 0 Å². The second kappa shape index (κ2) is 6.52. The molecule has 0 rings (SSSR count). The zero-order valence-electron chi connectivity index (χ0n) is 11.5. The topological polar surface area (TPSA) is 20.2 Å². The highest BCUT2D eigenvalue weighted by Crippen LogP contribution is 2.28. The molecule has 0 saturated heterocycles. The lowest BCUT2D eigenvalue weighted by Gasteiger charge is -2.25. The predicted molar refractivity (Wildman–Crippen MR) is 67.9 cm³/mol. The normalized spacial score (nSPS) is 18.6. The summed E-state index contributed by atoms with van der Waals surface area (Å²) in [6, 6.07) is 0. The van der Waals surface area contributed by atoms with Crippen LogP contribution in [-0.4, -0.2) is 11.2 Å². The van der Waals surface area contributed by atoms with Gasteiger partial charge in [-0.05, 0) is 37.0 Å². The van der Waals surface area contributed by atoms with Crippen LogP contribution in [0.25, 0.3) is 0 Å². The lowest BCUT2D eigenvalue weighted by molar-refractivity contribution is 0.111. The van der Waals surface area contributed by atoms with Gasteiger partial charge in [0, 0.05) is 0 Å². The molecule has 0 aromatic carbocycles. The first-order valence-electron chi connectivity index (χ1n) is 6.44. The van der Waals surface area contributed by atoms with Crippen molar-refractivity contribution < 1.29 is 5.11 Å². The molecule has 3 unspecified atom stereocenters. The maximum absolute atomic E-state index is 9.56. The Morgan fingerprint density at radius 2 is 1.60 bits per heavy atom. The van der Waals surface area contributed by atoms with Gasteiger partial charge in [-0.1, -0.05) is 47.5 Å². The average Bonchev–Trinajstić information content (AvgIpc) is 2.01. The number of hydrogen-bond acceptors (Lipinski definition) is 1. The Bertz CT molecular complexity index is 155. The average molecular weight is 214 g/mol. The van der Waals surface area contributed by atoms with E-state index in [1.54, 1.807) is 0 Å². The summed E-state index contributed by atoms with van der Waals surface area (Å²) in [5.41, 5.74) is 0.436. The van der Waals surface area contributed by atoms with Crippen molar-refractivity contribution in [2.75, 3.05) is 0 Å². The van der Waals surface area contributed by atoms with Crippen molar-refractivity contribution in [1.29, 1.82) is 0 Å². The first-order valence-corrected chi connectivity index (χ1v) is 6.44. The van der Waals surface area contributed by atoms with Gasteiger partial charge in [-0.3, -0.25) is 0 Å². The SMILES string of the molecule is CCC(CCC(C)CC(C)(C)C)C(C)O. The maximum Gasteiger partial charge on any atom is 0.0540 e. The summed E-state index contributed by atoms with van der Waals surface area (Å²) < 4.78 is 0. The zero-order chi connectivity index (χ0) is 12.1. The summed E-state index contributed by atoms with van der Waals surface area (Å²) >= 11 is 0. The second-order valence-corrected chi connectivity index (χ2v) is 6.36. The maximum atomic E-state index is 9.56. The van der Waals surface area contributed by atoms with Crippen LogP contribution in [0, 0.1) is 17.3 Å². The first-order chi connectivity index (χ1) is 6.76. The lowest BCUT2D eigenvalue weighted by atomic mass is 9.82. The first kappa shape index (κ1) is 15.0. The summed E-state index contributed by atoms with van der Waals surface area (Å²) in [4.78, 5) is 0. The van der Waals surface area contributed by atoms with Gasteiger partial charge in [0.25, 0.3) is 0 Å². The standard InChI is InChI=1S/C14H30O/c1-7-13(12(3)15)9-8-11(2)10-14(4,5)6/h11-13,15H,7-10H2,1-6H3. The molecule has 0 saturated carbocycles. The smallest absolute Gasteiger partial charge is 0.0540 e.